The van der Waals surface area contributed by atoms with Gasteiger partial charge in [-0.3, -0.25) is 4.79 Å². The minimum Gasteiger partial charge on any atom is -0.381 e. The molecule has 1 N–H and O–H groups in total. The summed E-state index contributed by atoms with van der Waals surface area (Å²) in [5, 5.41) is 9.98. The number of hydrogen-bond acceptors (Lipinski definition) is 8. The Balaban J connectivity index is 1.46. The van der Waals surface area contributed by atoms with Gasteiger partial charge in [0, 0.05) is 36.7 Å². The summed E-state index contributed by atoms with van der Waals surface area (Å²) in [7, 11) is 0. The van der Waals surface area contributed by atoms with Gasteiger partial charge in [0.1, 0.15) is 5.82 Å². The molecule has 4 aromatic rings. The Morgan fingerprint density at radius 2 is 2.05 bits per heavy atom. The Kier molecular flexibility index (Phi) is 7.93. The fourth-order valence-electron chi connectivity index (χ4n) is 4.70. The summed E-state index contributed by atoms with van der Waals surface area (Å²) in [5.74, 6) is 1.28. The molecule has 1 fully saturated rings. The first-order valence-electron chi connectivity index (χ1n) is 13.0. The topological polar surface area (TPSA) is 84.7 Å². The number of aromatic nitrogens is 4. The number of nitrogens with one attached hydrogen (secondary N) is 1. The Morgan fingerprint density at radius 3 is 2.76 bits per heavy atom. The Labute approximate surface area is 221 Å². The second-order valence-corrected chi connectivity index (χ2v) is 10.5. The number of fused-ring (bicyclic) bond motifs is 1. The molecule has 0 aliphatic carbocycles. The molecular formula is C28H34N6O2S. The van der Waals surface area contributed by atoms with Gasteiger partial charge in [-0.05, 0) is 56.1 Å². The normalized spacial score (nSPS) is 14.7. The monoisotopic (exact) mass is 518 g/mol. The fourth-order valence-corrected chi connectivity index (χ4v) is 5.39. The van der Waals surface area contributed by atoms with E-state index in [-0.39, 0.29) is 5.78 Å². The molecular weight excluding hydrogens is 484 g/mol. The molecule has 0 aromatic carbocycles. The zero-order chi connectivity index (χ0) is 25.8. The largest absolute Gasteiger partial charge is 0.381 e. The molecule has 8 nitrogen and oxygen atoms in total. The van der Waals surface area contributed by atoms with E-state index in [0.717, 1.165) is 61.1 Å². The molecule has 1 aliphatic heterocycles. The van der Waals surface area contributed by atoms with Crippen LogP contribution in [0.15, 0.2) is 48.1 Å². The number of hydrogen-bond donors (Lipinski definition) is 1. The van der Waals surface area contributed by atoms with Crippen molar-refractivity contribution in [2.45, 2.75) is 39.7 Å². The lowest BCUT2D eigenvalue weighted by Crippen LogP contribution is -2.33. The van der Waals surface area contributed by atoms with Crippen LogP contribution in [0.2, 0.25) is 0 Å². The number of rotatable bonds is 12. The molecule has 4 aromatic heterocycles. The average Bonchev–Trinajstić information content (AvgIpc) is 3.57. The minimum absolute atomic E-state index is 0.126. The van der Waals surface area contributed by atoms with Gasteiger partial charge in [-0.2, -0.15) is 5.10 Å². The van der Waals surface area contributed by atoms with Gasteiger partial charge in [0.25, 0.3) is 0 Å². The number of pyridine rings is 1. The van der Waals surface area contributed by atoms with E-state index in [9.17, 15) is 4.79 Å². The van der Waals surface area contributed by atoms with Crippen molar-refractivity contribution in [3.63, 3.8) is 0 Å². The van der Waals surface area contributed by atoms with E-state index < -0.39 is 0 Å². The number of nitrogens with zero attached hydrogens (tertiary/aromatic N) is 5. The SMILES string of the molecule is CCN(CC)[C@@H](C)CCC(=O)c1cc(NCC2COC2)nc(-c2cnn3ccc(-c4cccs4)nc23)c1. The number of carbonyl (C=O) groups excluding carboxylic acids is 1. The van der Waals surface area contributed by atoms with Gasteiger partial charge in [-0.15, -0.1) is 11.3 Å². The smallest absolute Gasteiger partial charge is 0.165 e. The van der Waals surface area contributed by atoms with E-state index >= 15 is 0 Å². The molecule has 9 heteroatoms. The maximum absolute atomic E-state index is 13.4. The molecule has 0 radical (unpaired) electrons. The van der Waals surface area contributed by atoms with Gasteiger partial charge in [0.05, 0.1) is 41.2 Å². The lowest BCUT2D eigenvalue weighted by Gasteiger charge is -2.26. The maximum Gasteiger partial charge on any atom is 0.165 e. The average molecular weight is 519 g/mol. The predicted molar refractivity (Wildman–Crippen MR) is 148 cm³/mol. The van der Waals surface area contributed by atoms with Crippen LogP contribution in [-0.2, 0) is 4.74 Å². The molecule has 1 saturated heterocycles. The van der Waals surface area contributed by atoms with Crippen molar-refractivity contribution in [1.29, 1.82) is 0 Å². The van der Waals surface area contributed by atoms with Gasteiger partial charge in [0.2, 0.25) is 0 Å². The molecule has 37 heavy (non-hydrogen) atoms. The third-order valence-corrected chi connectivity index (χ3v) is 7.96. The zero-order valence-electron chi connectivity index (χ0n) is 21.7. The molecule has 1 atom stereocenters. The van der Waals surface area contributed by atoms with Crippen molar-refractivity contribution in [1.82, 2.24) is 24.5 Å². The van der Waals surface area contributed by atoms with Crippen LogP contribution in [-0.4, -0.2) is 69.2 Å². The molecule has 0 unspecified atom stereocenters. The first-order chi connectivity index (χ1) is 18.1. The van der Waals surface area contributed by atoms with Gasteiger partial charge in [-0.1, -0.05) is 19.9 Å². The van der Waals surface area contributed by atoms with Crippen LogP contribution < -0.4 is 5.32 Å². The van der Waals surface area contributed by atoms with Gasteiger partial charge >= 0.3 is 0 Å². The van der Waals surface area contributed by atoms with Gasteiger partial charge in [0.15, 0.2) is 11.4 Å². The van der Waals surface area contributed by atoms with Crippen molar-refractivity contribution >= 4 is 28.6 Å². The summed E-state index contributed by atoms with van der Waals surface area (Å²) in [6.45, 7) is 10.8. The highest BCUT2D eigenvalue weighted by Gasteiger charge is 2.20. The molecule has 5 heterocycles. The number of Topliss-reactive ketones (excluding diaryl/α,β-unsaturated/α-hetero) is 1. The van der Waals surface area contributed by atoms with E-state index in [1.165, 1.54) is 0 Å². The summed E-state index contributed by atoms with van der Waals surface area (Å²) >= 11 is 1.65. The quantitative estimate of drug-likeness (QED) is 0.256. The Hall–Kier alpha value is -3.14. The third-order valence-electron chi connectivity index (χ3n) is 7.07. The fraction of sp³-hybridized carbons (Fsp3) is 0.429. The van der Waals surface area contributed by atoms with E-state index in [0.29, 0.717) is 35.5 Å². The summed E-state index contributed by atoms with van der Waals surface area (Å²) in [4.78, 5) is 26.6. The van der Waals surface area contributed by atoms with Crippen molar-refractivity contribution in [3.8, 4) is 21.8 Å². The van der Waals surface area contributed by atoms with E-state index in [1.807, 2.05) is 35.8 Å². The van der Waals surface area contributed by atoms with E-state index in [1.54, 1.807) is 22.0 Å². The van der Waals surface area contributed by atoms with E-state index in [2.05, 4.69) is 42.2 Å². The van der Waals surface area contributed by atoms with Crippen molar-refractivity contribution < 1.29 is 9.53 Å². The molecule has 1 aliphatic rings. The maximum atomic E-state index is 13.4. The van der Waals surface area contributed by atoms with Crippen LogP contribution in [0.3, 0.4) is 0 Å². The second kappa shape index (κ2) is 11.5. The van der Waals surface area contributed by atoms with Crippen molar-refractivity contribution in [3.05, 3.63) is 53.7 Å². The lowest BCUT2D eigenvalue weighted by atomic mass is 10.0. The second-order valence-electron chi connectivity index (χ2n) is 9.56. The number of ether oxygens (including phenoxy) is 1. The van der Waals surface area contributed by atoms with Crippen LogP contribution in [0.25, 0.3) is 27.5 Å². The number of ketones is 1. The molecule has 0 amide bonds. The van der Waals surface area contributed by atoms with Crippen LogP contribution in [0, 0.1) is 5.92 Å². The van der Waals surface area contributed by atoms with Crippen LogP contribution >= 0.6 is 11.3 Å². The van der Waals surface area contributed by atoms with Gasteiger partial charge in [-0.25, -0.2) is 14.5 Å². The first-order valence-corrected chi connectivity index (χ1v) is 13.9. The van der Waals surface area contributed by atoms with Crippen LogP contribution in [0.1, 0.15) is 44.0 Å². The van der Waals surface area contributed by atoms with Gasteiger partial charge < -0.3 is 15.0 Å². The molecule has 0 saturated carbocycles. The van der Waals surface area contributed by atoms with Crippen LogP contribution in [0.5, 0.6) is 0 Å². The van der Waals surface area contributed by atoms with E-state index in [4.69, 9.17) is 14.7 Å². The first kappa shape index (κ1) is 25.5. The molecule has 194 valence electrons. The van der Waals surface area contributed by atoms with Crippen molar-refractivity contribution in [2.24, 2.45) is 5.92 Å². The lowest BCUT2D eigenvalue weighted by molar-refractivity contribution is -0.0248. The Morgan fingerprint density at radius 1 is 1.22 bits per heavy atom. The summed E-state index contributed by atoms with van der Waals surface area (Å²) < 4.78 is 7.07. The number of carbonyl (C=O) groups is 1. The standard InChI is InChI=1S/C28H34N6O2S/c1-4-33(5-2)19(3)8-9-25(35)21-13-24(31-27(14-21)29-15-20-17-36-18-20)22-16-30-34-11-10-23(32-28(22)34)26-7-6-12-37-26/h6-7,10-14,16,19-20H,4-5,8-9,15,17-18H2,1-3H3,(H,29,31)/t19-/m0/s1. The molecule has 0 spiro atoms. The zero-order valence-corrected chi connectivity index (χ0v) is 22.5. The van der Waals surface area contributed by atoms with Crippen LogP contribution in [0.4, 0.5) is 5.82 Å². The highest BCUT2D eigenvalue weighted by Crippen LogP contribution is 2.29. The number of thiophene rings is 1. The summed E-state index contributed by atoms with van der Waals surface area (Å²) in [6, 6.07) is 10.2. The molecule has 0 bridgehead atoms. The highest BCUT2D eigenvalue weighted by atomic mass is 32.1. The summed E-state index contributed by atoms with van der Waals surface area (Å²) in [6.07, 6.45) is 5.01. The number of anilines is 1. The minimum atomic E-state index is 0.126. The summed E-state index contributed by atoms with van der Waals surface area (Å²) in [5.41, 5.74) is 3.78. The third kappa shape index (κ3) is 5.74. The Bertz CT molecular complexity index is 1340. The van der Waals surface area contributed by atoms with Crippen molar-refractivity contribution in [2.75, 3.05) is 38.2 Å². The highest BCUT2D eigenvalue weighted by molar-refractivity contribution is 7.13. The molecule has 5 rings (SSSR count). The predicted octanol–water partition coefficient (Wildman–Crippen LogP) is 5.27.